The molecule has 0 radical (unpaired) electrons. The van der Waals surface area contributed by atoms with Gasteiger partial charge in [-0.3, -0.25) is 0 Å². The molecule has 1 unspecified atom stereocenters. The van der Waals surface area contributed by atoms with Crippen molar-refractivity contribution in [3.8, 4) is 0 Å². The van der Waals surface area contributed by atoms with Crippen LogP contribution in [0.2, 0.25) is 5.02 Å². The van der Waals surface area contributed by atoms with Gasteiger partial charge >= 0.3 is 0 Å². The summed E-state index contributed by atoms with van der Waals surface area (Å²) in [7, 11) is 3.42. The van der Waals surface area contributed by atoms with Crippen LogP contribution in [0.5, 0.6) is 0 Å². The summed E-state index contributed by atoms with van der Waals surface area (Å²) < 4.78 is 10.4. The molecule has 2 N–H and O–H groups in total. The van der Waals surface area contributed by atoms with E-state index in [9.17, 15) is 0 Å². The van der Waals surface area contributed by atoms with Gasteiger partial charge in [0.1, 0.15) is 0 Å². The van der Waals surface area contributed by atoms with Crippen LogP contribution in [0.15, 0.2) is 18.2 Å². The Morgan fingerprint density at radius 1 is 1.19 bits per heavy atom. The molecule has 0 aliphatic rings. The van der Waals surface area contributed by atoms with Crippen molar-refractivity contribution in [3.63, 3.8) is 0 Å². The lowest BCUT2D eigenvalue weighted by molar-refractivity contribution is 0.190. The lowest BCUT2D eigenvalue weighted by Gasteiger charge is -2.28. The van der Waals surface area contributed by atoms with Gasteiger partial charge in [0.25, 0.3) is 0 Å². The first-order valence-electron chi connectivity index (χ1n) is 7.39. The topological polar surface area (TPSA) is 47.7 Å². The van der Waals surface area contributed by atoms with Gasteiger partial charge in [-0.25, -0.2) is 0 Å². The Morgan fingerprint density at radius 2 is 1.81 bits per heavy atom. The van der Waals surface area contributed by atoms with Crippen LogP contribution >= 0.6 is 11.6 Å². The zero-order valence-electron chi connectivity index (χ0n) is 13.3. The van der Waals surface area contributed by atoms with E-state index in [1.54, 1.807) is 14.2 Å². The first-order chi connectivity index (χ1) is 10.1. The molecular weight excluding hydrogens is 288 g/mol. The Hall–Kier alpha value is -0.810. The molecule has 0 aliphatic carbocycles. The highest BCUT2D eigenvalue weighted by molar-refractivity contribution is 6.31. The molecule has 0 saturated carbocycles. The van der Waals surface area contributed by atoms with E-state index in [0.717, 1.165) is 42.2 Å². The predicted molar refractivity (Wildman–Crippen MR) is 89.4 cm³/mol. The van der Waals surface area contributed by atoms with E-state index in [-0.39, 0.29) is 6.04 Å². The molecule has 1 rings (SSSR count). The van der Waals surface area contributed by atoms with E-state index in [1.807, 2.05) is 12.1 Å². The SMILES string of the molecule is CCC(N)Cc1c(Cl)cccc1N(CCOC)CCOC. The third-order valence-electron chi connectivity index (χ3n) is 3.56. The highest BCUT2D eigenvalue weighted by Gasteiger charge is 2.15. The molecule has 0 heterocycles. The maximum atomic E-state index is 6.40. The fourth-order valence-electron chi connectivity index (χ4n) is 2.21. The Bertz CT molecular complexity index is 407. The van der Waals surface area contributed by atoms with Crippen molar-refractivity contribution in [2.24, 2.45) is 5.73 Å². The summed E-state index contributed by atoms with van der Waals surface area (Å²) in [6, 6.07) is 6.11. The number of rotatable bonds is 10. The summed E-state index contributed by atoms with van der Waals surface area (Å²) in [5.41, 5.74) is 8.35. The van der Waals surface area contributed by atoms with Crippen molar-refractivity contribution < 1.29 is 9.47 Å². The minimum absolute atomic E-state index is 0.121. The largest absolute Gasteiger partial charge is 0.383 e. The third kappa shape index (κ3) is 5.83. The first-order valence-corrected chi connectivity index (χ1v) is 7.77. The highest BCUT2D eigenvalue weighted by Crippen LogP contribution is 2.29. The zero-order valence-corrected chi connectivity index (χ0v) is 14.0. The van der Waals surface area contributed by atoms with E-state index in [0.29, 0.717) is 13.2 Å². The van der Waals surface area contributed by atoms with Gasteiger partial charge in [0.15, 0.2) is 0 Å². The quantitative estimate of drug-likeness (QED) is 0.721. The van der Waals surface area contributed by atoms with Crippen LogP contribution in [0.1, 0.15) is 18.9 Å². The van der Waals surface area contributed by atoms with Crippen LogP contribution in [-0.4, -0.2) is 46.6 Å². The molecule has 1 atom stereocenters. The second-order valence-corrected chi connectivity index (χ2v) is 5.49. The number of nitrogens with two attached hydrogens (primary N) is 1. The lowest BCUT2D eigenvalue weighted by Crippen LogP contribution is -2.32. The third-order valence-corrected chi connectivity index (χ3v) is 3.91. The molecule has 1 aromatic carbocycles. The van der Waals surface area contributed by atoms with Gasteiger partial charge in [-0.2, -0.15) is 0 Å². The fraction of sp³-hybridized carbons (Fsp3) is 0.625. The van der Waals surface area contributed by atoms with Gasteiger partial charge in [-0.1, -0.05) is 24.6 Å². The van der Waals surface area contributed by atoms with E-state index in [4.69, 9.17) is 26.8 Å². The number of ether oxygens (including phenoxy) is 2. The molecule has 120 valence electrons. The predicted octanol–water partition coefficient (Wildman–Crippen LogP) is 2.72. The number of anilines is 1. The first kappa shape index (κ1) is 18.2. The van der Waals surface area contributed by atoms with Crippen LogP contribution in [0.3, 0.4) is 0 Å². The van der Waals surface area contributed by atoms with Crippen molar-refractivity contribution in [2.45, 2.75) is 25.8 Å². The summed E-state index contributed by atoms with van der Waals surface area (Å²) >= 11 is 6.40. The smallest absolute Gasteiger partial charge is 0.0637 e. The summed E-state index contributed by atoms with van der Waals surface area (Å²) in [4.78, 5) is 2.25. The molecule has 0 saturated heterocycles. The van der Waals surface area contributed by atoms with Crippen LogP contribution in [0.4, 0.5) is 5.69 Å². The van der Waals surface area contributed by atoms with Gasteiger partial charge in [0, 0.05) is 44.1 Å². The van der Waals surface area contributed by atoms with Crippen molar-refractivity contribution in [1.29, 1.82) is 0 Å². The number of nitrogens with zero attached hydrogens (tertiary/aromatic N) is 1. The Balaban J connectivity index is 3.01. The molecule has 21 heavy (non-hydrogen) atoms. The van der Waals surface area contributed by atoms with Crippen molar-refractivity contribution >= 4 is 17.3 Å². The molecule has 0 spiro atoms. The van der Waals surface area contributed by atoms with Crippen molar-refractivity contribution in [1.82, 2.24) is 0 Å². The average Bonchev–Trinajstić information content (AvgIpc) is 2.49. The normalized spacial score (nSPS) is 12.4. The summed E-state index contributed by atoms with van der Waals surface area (Å²) in [5.74, 6) is 0. The van der Waals surface area contributed by atoms with Gasteiger partial charge < -0.3 is 20.1 Å². The molecule has 0 fully saturated rings. The molecule has 1 aromatic rings. The molecule has 0 bridgehead atoms. The van der Waals surface area contributed by atoms with Crippen LogP contribution in [-0.2, 0) is 15.9 Å². The molecule has 0 aliphatic heterocycles. The van der Waals surface area contributed by atoms with E-state index < -0.39 is 0 Å². The molecule has 0 amide bonds. The molecule has 0 aromatic heterocycles. The van der Waals surface area contributed by atoms with Gasteiger partial charge in [0.05, 0.1) is 13.2 Å². The summed E-state index contributed by atoms with van der Waals surface area (Å²) in [6.45, 7) is 5.02. The fourth-order valence-corrected chi connectivity index (χ4v) is 2.45. The number of hydrogen-bond donors (Lipinski definition) is 1. The van der Waals surface area contributed by atoms with Gasteiger partial charge in [-0.15, -0.1) is 0 Å². The highest BCUT2D eigenvalue weighted by atomic mass is 35.5. The van der Waals surface area contributed by atoms with Crippen LogP contribution < -0.4 is 10.6 Å². The van der Waals surface area contributed by atoms with Crippen molar-refractivity contribution in [3.05, 3.63) is 28.8 Å². The maximum Gasteiger partial charge on any atom is 0.0637 e. The second kappa shape index (κ2) is 10.0. The molecule has 4 nitrogen and oxygen atoms in total. The second-order valence-electron chi connectivity index (χ2n) is 5.08. The standard InChI is InChI=1S/C16H27ClN2O2/c1-4-13(18)12-14-15(17)6-5-7-16(14)19(8-10-20-2)9-11-21-3/h5-7,13H,4,8-12,18H2,1-3H3. The monoisotopic (exact) mass is 314 g/mol. The summed E-state index contributed by atoms with van der Waals surface area (Å²) in [5, 5.41) is 0.774. The van der Waals surface area contributed by atoms with Gasteiger partial charge in [0.2, 0.25) is 0 Å². The zero-order chi connectivity index (χ0) is 15.7. The molecular formula is C16H27ClN2O2. The van der Waals surface area contributed by atoms with Gasteiger partial charge in [-0.05, 0) is 30.5 Å². The maximum absolute atomic E-state index is 6.40. The Labute approximate surface area is 133 Å². The summed E-state index contributed by atoms with van der Waals surface area (Å²) in [6.07, 6.45) is 1.71. The van der Waals surface area contributed by atoms with E-state index in [2.05, 4.69) is 17.9 Å². The average molecular weight is 315 g/mol. The van der Waals surface area contributed by atoms with Crippen LogP contribution in [0.25, 0.3) is 0 Å². The minimum Gasteiger partial charge on any atom is -0.383 e. The number of hydrogen-bond acceptors (Lipinski definition) is 4. The van der Waals surface area contributed by atoms with E-state index in [1.165, 1.54) is 0 Å². The Morgan fingerprint density at radius 3 is 2.33 bits per heavy atom. The van der Waals surface area contributed by atoms with E-state index >= 15 is 0 Å². The van der Waals surface area contributed by atoms with Crippen LogP contribution in [0, 0.1) is 0 Å². The number of benzene rings is 1. The minimum atomic E-state index is 0.121. The Kier molecular flexibility index (Phi) is 8.69. The number of methoxy groups -OCH3 is 2. The molecule has 5 heteroatoms. The number of halogens is 1. The van der Waals surface area contributed by atoms with Crippen molar-refractivity contribution in [2.75, 3.05) is 45.4 Å². The lowest BCUT2D eigenvalue weighted by atomic mass is 10.0.